The number of para-hydroxylation sites is 1. The molecule has 0 saturated carbocycles. The van der Waals surface area contributed by atoms with Crippen molar-refractivity contribution in [2.45, 2.75) is 13.8 Å². The number of aryl methyl sites for hydroxylation is 1. The van der Waals surface area contributed by atoms with E-state index >= 15 is 0 Å². The van der Waals surface area contributed by atoms with Crippen LogP contribution in [0.4, 0.5) is 11.5 Å². The third-order valence-corrected chi connectivity index (χ3v) is 4.31. The van der Waals surface area contributed by atoms with Crippen molar-refractivity contribution in [1.82, 2.24) is 4.98 Å². The Bertz CT molecular complexity index is 873. The molecular formula is C19H20BrN5. The van der Waals surface area contributed by atoms with Crippen LogP contribution in [0.1, 0.15) is 16.7 Å². The molecule has 128 valence electrons. The zero-order valence-electron chi connectivity index (χ0n) is 14.1. The smallest absolute Gasteiger partial charge is 0.277 e. The molecule has 0 unspecified atom stereocenters. The lowest BCUT2D eigenvalue weighted by molar-refractivity contribution is -0.545. The average Bonchev–Trinajstić information content (AvgIpc) is 3.21. The van der Waals surface area contributed by atoms with E-state index in [1.165, 1.54) is 11.1 Å². The van der Waals surface area contributed by atoms with Crippen molar-refractivity contribution < 1.29 is 22.4 Å². The second-order valence-electron chi connectivity index (χ2n) is 5.90. The van der Waals surface area contributed by atoms with Gasteiger partial charge in [0.05, 0.1) is 5.56 Å². The zero-order chi connectivity index (χ0) is 16.5. The molecule has 0 saturated heterocycles. The maximum absolute atomic E-state index is 4.85. The number of rotatable bonds is 3. The second-order valence-corrected chi connectivity index (χ2v) is 5.90. The quantitative estimate of drug-likeness (QED) is 0.597. The summed E-state index contributed by atoms with van der Waals surface area (Å²) < 4.78 is 0. The number of H-pyrrole nitrogens is 1. The number of nitrogens with two attached hydrogens (primary N) is 1. The Hall–Kier alpha value is -2.57. The van der Waals surface area contributed by atoms with Gasteiger partial charge in [0.25, 0.3) is 5.84 Å². The van der Waals surface area contributed by atoms with Gasteiger partial charge in [-0.25, -0.2) is 0 Å². The summed E-state index contributed by atoms with van der Waals surface area (Å²) >= 11 is 0. The monoisotopic (exact) mass is 397 g/mol. The molecule has 25 heavy (non-hydrogen) atoms. The van der Waals surface area contributed by atoms with Crippen molar-refractivity contribution in [2.24, 2.45) is 5.10 Å². The van der Waals surface area contributed by atoms with Crippen molar-refractivity contribution in [3.63, 3.8) is 0 Å². The average molecular weight is 398 g/mol. The largest absolute Gasteiger partial charge is 1.00 e. The van der Waals surface area contributed by atoms with Crippen LogP contribution in [0.5, 0.6) is 0 Å². The third kappa shape index (κ3) is 3.18. The first-order valence-electron chi connectivity index (χ1n) is 8.02. The topological polar surface area (TPSA) is 51.2 Å². The van der Waals surface area contributed by atoms with E-state index in [-0.39, 0.29) is 17.0 Å². The van der Waals surface area contributed by atoms with Crippen molar-refractivity contribution in [2.75, 3.05) is 10.2 Å². The molecule has 2 heterocycles. The number of hydrazine groups is 1. The summed E-state index contributed by atoms with van der Waals surface area (Å²) in [6.45, 7) is 4.21. The Morgan fingerprint density at radius 1 is 0.920 bits per heavy atom. The number of aromatic amines is 1. The molecule has 3 N–H and O–H groups in total. The molecule has 1 aliphatic rings. The lowest BCUT2D eigenvalue weighted by Crippen LogP contribution is -3.00. The van der Waals surface area contributed by atoms with Crippen molar-refractivity contribution in [3.8, 4) is 0 Å². The van der Waals surface area contributed by atoms with E-state index in [2.05, 4.69) is 53.6 Å². The first kappa shape index (κ1) is 17.3. The molecule has 0 amide bonds. The van der Waals surface area contributed by atoms with Gasteiger partial charge in [0.15, 0.2) is 5.82 Å². The van der Waals surface area contributed by atoms with Crippen LogP contribution in [-0.4, -0.2) is 10.8 Å². The maximum Gasteiger partial charge on any atom is 0.277 e. The molecule has 5 nitrogen and oxygen atoms in total. The molecule has 0 radical (unpaired) electrons. The molecule has 6 heteroatoms. The number of halogens is 1. The molecule has 0 aliphatic carbocycles. The minimum Gasteiger partial charge on any atom is -1.00 e. The second kappa shape index (κ2) is 7.13. The molecular weight excluding hydrogens is 378 g/mol. The Labute approximate surface area is 157 Å². The summed E-state index contributed by atoms with van der Waals surface area (Å²) in [6.07, 6.45) is 2.02. The van der Waals surface area contributed by atoms with Gasteiger partial charge in [-0.2, -0.15) is 5.43 Å². The van der Waals surface area contributed by atoms with Crippen LogP contribution in [0.25, 0.3) is 0 Å². The first-order chi connectivity index (χ1) is 11.7. The fourth-order valence-electron chi connectivity index (χ4n) is 2.80. The molecule has 2 aromatic carbocycles. The number of quaternary nitrogens is 1. The Morgan fingerprint density at radius 3 is 2.16 bits per heavy atom. The summed E-state index contributed by atoms with van der Waals surface area (Å²) in [5, 5.41) is 8.85. The molecule has 1 aliphatic heterocycles. The van der Waals surface area contributed by atoms with E-state index in [4.69, 9.17) is 5.10 Å². The third-order valence-electron chi connectivity index (χ3n) is 4.31. The van der Waals surface area contributed by atoms with Crippen LogP contribution in [0.3, 0.4) is 0 Å². The van der Waals surface area contributed by atoms with Crippen molar-refractivity contribution >= 4 is 17.3 Å². The highest BCUT2D eigenvalue weighted by atomic mass is 79.9. The number of aromatic nitrogens is 1. The lowest BCUT2D eigenvalue weighted by atomic mass is 10.2. The normalized spacial score (nSPS) is 13.6. The molecule has 4 rings (SSSR count). The minimum atomic E-state index is 0. The van der Waals surface area contributed by atoms with Crippen molar-refractivity contribution in [1.29, 1.82) is 0 Å². The van der Waals surface area contributed by atoms with Gasteiger partial charge in [0, 0.05) is 6.20 Å². The van der Waals surface area contributed by atoms with Crippen LogP contribution < -0.4 is 32.6 Å². The van der Waals surface area contributed by atoms with Gasteiger partial charge in [-0.15, -0.1) is 10.2 Å². The molecule has 0 fully saturated rings. The standard InChI is InChI=1S/C19H19N5.BrH/c1-14-13-20-19(15(14)2)24-22-18(16-9-5-3-6-10-16)21-23(24)17-11-7-4-8-12-17;/h3-13,20H,1-2H3,(H,21,22);1H. The van der Waals surface area contributed by atoms with Crippen LogP contribution >= 0.6 is 0 Å². The summed E-state index contributed by atoms with van der Waals surface area (Å²) in [5.41, 5.74) is 6.66. The SMILES string of the molecule is Cc1c[nH]c(N2N=C(c3ccccc3)[NH2+]N2c2ccccc2)c1C.[Br-]. The van der Waals surface area contributed by atoms with E-state index in [9.17, 15) is 0 Å². The number of benzene rings is 2. The van der Waals surface area contributed by atoms with E-state index in [0.717, 1.165) is 22.9 Å². The van der Waals surface area contributed by atoms with Gasteiger partial charge < -0.3 is 22.0 Å². The van der Waals surface area contributed by atoms with E-state index < -0.39 is 0 Å². The van der Waals surface area contributed by atoms with Gasteiger partial charge in [-0.05, 0) is 49.2 Å². The highest BCUT2D eigenvalue weighted by Crippen LogP contribution is 2.26. The molecule has 0 bridgehead atoms. The van der Waals surface area contributed by atoms with Gasteiger partial charge in [-0.1, -0.05) is 41.5 Å². The molecule has 1 aromatic heterocycles. The number of nitrogens with zero attached hydrogens (tertiary/aromatic N) is 3. The van der Waals surface area contributed by atoms with Crippen LogP contribution in [0.15, 0.2) is 72.0 Å². The highest BCUT2D eigenvalue weighted by molar-refractivity contribution is 5.93. The number of amidine groups is 1. The molecule has 3 aromatic rings. The van der Waals surface area contributed by atoms with E-state index in [1.807, 2.05) is 47.7 Å². The summed E-state index contributed by atoms with van der Waals surface area (Å²) in [6, 6.07) is 20.5. The van der Waals surface area contributed by atoms with Crippen molar-refractivity contribution in [3.05, 3.63) is 83.6 Å². The van der Waals surface area contributed by atoms with Gasteiger partial charge in [-0.3, -0.25) is 0 Å². The first-order valence-corrected chi connectivity index (χ1v) is 8.02. The fraction of sp³-hybridized carbons (Fsp3) is 0.105. The summed E-state index contributed by atoms with van der Waals surface area (Å²) in [4.78, 5) is 3.34. The fourth-order valence-corrected chi connectivity index (χ4v) is 2.80. The Morgan fingerprint density at radius 2 is 1.56 bits per heavy atom. The Kier molecular flexibility index (Phi) is 4.92. The zero-order valence-corrected chi connectivity index (χ0v) is 15.7. The van der Waals surface area contributed by atoms with Crippen LogP contribution in [0.2, 0.25) is 0 Å². The number of nitrogens with one attached hydrogen (secondary N) is 1. The predicted octanol–water partition coefficient (Wildman–Crippen LogP) is -0.283. The predicted molar refractivity (Wildman–Crippen MR) is 96.6 cm³/mol. The van der Waals surface area contributed by atoms with E-state index in [1.54, 1.807) is 0 Å². The number of hydrogen-bond donors (Lipinski definition) is 2. The number of hydrazone groups is 1. The number of hydrogen-bond acceptors (Lipinski definition) is 3. The highest BCUT2D eigenvalue weighted by Gasteiger charge is 2.32. The minimum absolute atomic E-state index is 0. The van der Waals surface area contributed by atoms with E-state index in [0.29, 0.717) is 0 Å². The lowest BCUT2D eigenvalue weighted by Gasteiger charge is -2.23. The van der Waals surface area contributed by atoms with Crippen LogP contribution in [0, 0.1) is 13.8 Å². The van der Waals surface area contributed by atoms with Gasteiger partial charge >= 0.3 is 0 Å². The van der Waals surface area contributed by atoms with Gasteiger partial charge in [0.1, 0.15) is 5.69 Å². The maximum atomic E-state index is 4.85. The summed E-state index contributed by atoms with van der Waals surface area (Å²) in [5.74, 6) is 1.92. The Balaban J connectivity index is 0.00000182. The number of anilines is 2. The summed E-state index contributed by atoms with van der Waals surface area (Å²) in [7, 11) is 0. The molecule has 0 spiro atoms. The van der Waals surface area contributed by atoms with Crippen LogP contribution in [-0.2, 0) is 0 Å². The van der Waals surface area contributed by atoms with Gasteiger partial charge in [0.2, 0.25) is 0 Å². The molecule has 0 atom stereocenters.